The van der Waals surface area contributed by atoms with E-state index < -0.39 is 0 Å². The van der Waals surface area contributed by atoms with Crippen LogP contribution in [0.4, 0.5) is 0 Å². The van der Waals surface area contributed by atoms with Gasteiger partial charge in [-0.05, 0) is 37.7 Å². The highest BCUT2D eigenvalue weighted by Crippen LogP contribution is 2.21. The molecule has 0 aliphatic carbocycles. The van der Waals surface area contributed by atoms with Crippen LogP contribution in [-0.4, -0.2) is 41.6 Å². The number of carbonyl (C=O) groups excluding carboxylic acids is 1. The Morgan fingerprint density at radius 1 is 1.36 bits per heavy atom. The van der Waals surface area contributed by atoms with Gasteiger partial charge in [-0.2, -0.15) is 11.3 Å². The Labute approximate surface area is 149 Å². The first-order chi connectivity index (χ1) is 12.1. The maximum absolute atomic E-state index is 12.1. The van der Waals surface area contributed by atoms with Crippen LogP contribution in [0.3, 0.4) is 0 Å². The summed E-state index contributed by atoms with van der Waals surface area (Å²) in [6, 6.07) is 5.66. The maximum atomic E-state index is 12.1. The number of carbonyl (C=O) groups is 1. The van der Waals surface area contributed by atoms with Crippen LogP contribution in [0.25, 0.3) is 11.5 Å². The first-order valence-electron chi connectivity index (χ1n) is 7.95. The molecule has 3 aromatic rings. The van der Waals surface area contributed by atoms with Crippen molar-refractivity contribution in [3.63, 3.8) is 0 Å². The molecule has 132 valence electrons. The standard InChI is InChI=1S/C17H20N4O3S/c1-21(2)13(14-4-3-8-23-14)10-18-15(22)5-6-16-19-20-17(24-16)12-7-9-25-11-12/h3-4,7-9,11,13H,5-6,10H2,1-2H3,(H,18,22). The molecule has 3 rings (SSSR count). The lowest BCUT2D eigenvalue weighted by Gasteiger charge is -2.22. The molecule has 0 saturated carbocycles. The third kappa shape index (κ3) is 4.55. The summed E-state index contributed by atoms with van der Waals surface area (Å²) in [5, 5.41) is 14.8. The van der Waals surface area contributed by atoms with E-state index in [4.69, 9.17) is 8.83 Å². The molecule has 3 aromatic heterocycles. The van der Waals surface area contributed by atoms with Crippen molar-refractivity contribution < 1.29 is 13.6 Å². The number of nitrogens with zero attached hydrogens (tertiary/aromatic N) is 3. The predicted molar refractivity (Wildman–Crippen MR) is 94.1 cm³/mol. The van der Waals surface area contributed by atoms with Gasteiger partial charge in [0.25, 0.3) is 0 Å². The van der Waals surface area contributed by atoms with Crippen molar-refractivity contribution in [2.24, 2.45) is 0 Å². The van der Waals surface area contributed by atoms with Crippen molar-refractivity contribution in [3.05, 3.63) is 46.9 Å². The van der Waals surface area contributed by atoms with Gasteiger partial charge in [0.15, 0.2) is 0 Å². The van der Waals surface area contributed by atoms with E-state index in [1.54, 1.807) is 17.6 Å². The second-order valence-electron chi connectivity index (χ2n) is 5.81. The fourth-order valence-electron chi connectivity index (χ4n) is 2.40. The zero-order chi connectivity index (χ0) is 17.6. The van der Waals surface area contributed by atoms with Gasteiger partial charge in [0.2, 0.25) is 17.7 Å². The summed E-state index contributed by atoms with van der Waals surface area (Å²) >= 11 is 1.57. The summed E-state index contributed by atoms with van der Waals surface area (Å²) in [7, 11) is 3.90. The molecule has 0 aliphatic heterocycles. The minimum atomic E-state index is -0.0614. The molecule has 0 bridgehead atoms. The summed E-state index contributed by atoms with van der Waals surface area (Å²) in [6.45, 7) is 0.476. The fraction of sp³-hybridized carbons (Fsp3) is 0.353. The summed E-state index contributed by atoms with van der Waals surface area (Å²) < 4.78 is 11.0. The Bertz CT molecular complexity index is 781. The van der Waals surface area contributed by atoms with E-state index in [1.807, 2.05) is 48.0 Å². The lowest BCUT2D eigenvalue weighted by molar-refractivity contribution is -0.121. The topological polar surface area (TPSA) is 84.4 Å². The lowest BCUT2D eigenvalue weighted by atomic mass is 10.2. The number of furan rings is 1. The molecular weight excluding hydrogens is 340 g/mol. The van der Waals surface area contributed by atoms with Crippen LogP contribution < -0.4 is 5.32 Å². The second kappa shape index (κ2) is 8.09. The molecule has 0 fully saturated rings. The summed E-state index contributed by atoms with van der Waals surface area (Å²) in [6.07, 6.45) is 2.34. The number of nitrogens with one attached hydrogen (secondary N) is 1. The Kier molecular flexibility index (Phi) is 5.62. The van der Waals surface area contributed by atoms with Gasteiger partial charge in [-0.15, -0.1) is 10.2 Å². The second-order valence-corrected chi connectivity index (χ2v) is 6.59. The number of hydrogen-bond donors (Lipinski definition) is 1. The molecule has 0 saturated heterocycles. The highest BCUT2D eigenvalue weighted by molar-refractivity contribution is 7.08. The van der Waals surface area contributed by atoms with Gasteiger partial charge < -0.3 is 14.2 Å². The molecule has 1 N–H and O–H groups in total. The van der Waals surface area contributed by atoms with Crippen LogP contribution in [0.5, 0.6) is 0 Å². The van der Waals surface area contributed by atoms with Gasteiger partial charge in [0.1, 0.15) is 5.76 Å². The van der Waals surface area contributed by atoms with Crippen LogP contribution in [0.1, 0.15) is 24.1 Å². The highest BCUT2D eigenvalue weighted by Gasteiger charge is 2.18. The minimum absolute atomic E-state index is 0.00690. The Balaban J connectivity index is 1.48. The van der Waals surface area contributed by atoms with E-state index in [1.165, 1.54) is 0 Å². The number of hydrogen-bond acceptors (Lipinski definition) is 7. The van der Waals surface area contributed by atoms with Crippen LogP contribution in [0, 0.1) is 0 Å². The van der Waals surface area contributed by atoms with Gasteiger partial charge in [-0.25, -0.2) is 0 Å². The molecule has 1 unspecified atom stereocenters. The minimum Gasteiger partial charge on any atom is -0.468 e. The first kappa shape index (κ1) is 17.4. The summed E-state index contributed by atoms with van der Waals surface area (Å²) in [4.78, 5) is 14.1. The molecule has 3 heterocycles. The number of aromatic nitrogens is 2. The molecule has 0 spiro atoms. The quantitative estimate of drug-likeness (QED) is 0.665. The van der Waals surface area contributed by atoms with Crippen LogP contribution in [-0.2, 0) is 11.2 Å². The predicted octanol–water partition coefficient (Wildman–Crippen LogP) is 2.74. The van der Waals surface area contributed by atoms with Gasteiger partial charge in [0.05, 0.1) is 12.3 Å². The molecular formula is C17H20N4O3S. The number of likely N-dealkylation sites (N-methyl/N-ethyl adjacent to an activating group) is 1. The first-order valence-corrected chi connectivity index (χ1v) is 8.89. The maximum Gasteiger partial charge on any atom is 0.248 e. The summed E-state index contributed by atoms with van der Waals surface area (Å²) in [5.74, 6) is 1.71. The van der Waals surface area contributed by atoms with Crippen LogP contribution in [0.2, 0.25) is 0 Å². The smallest absolute Gasteiger partial charge is 0.248 e. The molecule has 0 radical (unpaired) electrons. The van der Waals surface area contributed by atoms with E-state index in [2.05, 4.69) is 15.5 Å². The largest absolute Gasteiger partial charge is 0.468 e. The van der Waals surface area contributed by atoms with Crippen molar-refractivity contribution >= 4 is 17.2 Å². The van der Waals surface area contributed by atoms with E-state index in [9.17, 15) is 4.79 Å². The zero-order valence-electron chi connectivity index (χ0n) is 14.1. The van der Waals surface area contributed by atoms with Crippen LogP contribution >= 0.6 is 11.3 Å². The zero-order valence-corrected chi connectivity index (χ0v) is 15.0. The van der Waals surface area contributed by atoms with Crippen LogP contribution in [0.15, 0.2) is 44.1 Å². The normalized spacial score (nSPS) is 12.4. The van der Waals surface area contributed by atoms with E-state index >= 15 is 0 Å². The highest BCUT2D eigenvalue weighted by atomic mass is 32.1. The Morgan fingerprint density at radius 3 is 2.92 bits per heavy atom. The molecule has 25 heavy (non-hydrogen) atoms. The Hall–Kier alpha value is -2.45. The molecule has 0 aliphatic rings. The Morgan fingerprint density at radius 2 is 2.24 bits per heavy atom. The van der Waals surface area contributed by atoms with Crippen molar-refractivity contribution in [3.8, 4) is 11.5 Å². The SMILES string of the molecule is CN(C)C(CNC(=O)CCc1nnc(-c2ccsc2)o1)c1ccco1. The monoisotopic (exact) mass is 360 g/mol. The number of aryl methyl sites for hydroxylation is 1. The van der Waals surface area contributed by atoms with Gasteiger partial charge in [-0.1, -0.05) is 0 Å². The molecule has 1 atom stereocenters. The molecule has 7 nitrogen and oxygen atoms in total. The van der Waals surface area contributed by atoms with Gasteiger partial charge >= 0.3 is 0 Å². The van der Waals surface area contributed by atoms with Crippen molar-refractivity contribution in [2.45, 2.75) is 18.9 Å². The lowest BCUT2D eigenvalue weighted by Crippen LogP contribution is -2.34. The molecule has 8 heteroatoms. The van der Waals surface area contributed by atoms with E-state index in [0.717, 1.165) is 11.3 Å². The number of amides is 1. The van der Waals surface area contributed by atoms with Gasteiger partial charge in [-0.3, -0.25) is 9.69 Å². The van der Waals surface area contributed by atoms with Crippen molar-refractivity contribution in [2.75, 3.05) is 20.6 Å². The average Bonchev–Trinajstić information content (AvgIpc) is 3.33. The summed E-state index contributed by atoms with van der Waals surface area (Å²) in [5.41, 5.74) is 0.903. The fourth-order valence-corrected chi connectivity index (χ4v) is 3.03. The van der Waals surface area contributed by atoms with Crippen molar-refractivity contribution in [1.82, 2.24) is 20.4 Å². The average molecular weight is 360 g/mol. The van der Waals surface area contributed by atoms with E-state index in [-0.39, 0.29) is 11.9 Å². The third-order valence-corrected chi connectivity index (χ3v) is 4.47. The molecule has 0 aromatic carbocycles. The number of thiophene rings is 1. The van der Waals surface area contributed by atoms with E-state index in [0.29, 0.717) is 31.2 Å². The number of rotatable bonds is 8. The van der Waals surface area contributed by atoms with Crippen molar-refractivity contribution in [1.29, 1.82) is 0 Å². The third-order valence-electron chi connectivity index (χ3n) is 3.79. The van der Waals surface area contributed by atoms with Gasteiger partial charge in [0, 0.05) is 30.3 Å². The molecule has 1 amide bonds.